The molecule has 2 heteroatoms. The van der Waals surface area contributed by atoms with Crippen molar-refractivity contribution in [1.82, 2.24) is 0 Å². The first-order valence-electron chi connectivity index (χ1n) is 7.61. The number of rotatable bonds is 5. The van der Waals surface area contributed by atoms with Crippen molar-refractivity contribution in [3.05, 3.63) is 0 Å². The zero-order valence-corrected chi connectivity index (χ0v) is 11.2. The van der Waals surface area contributed by atoms with E-state index in [0.29, 0.717) is 18.6 Å². The maximum Gasteiger partial charge on any atom is 0.0801 e. The van der Waals surface area contributed by atoms with Gasteiger partial charge < -0.3 is 9.84 Å². The molecule has 2 aliphatic carbocycles. The van der Waals surface area contributed by atoms with Crippen LogP contribution in [0.4, 0.5) is 0 Å². The molecular weight excluding hydrogens is 212 g/mol. The molecular formula is C15H28O2. The predicted octanol–water partition coefficient (Wildman–Crippen LogP) is 3.52. The van der Waals surface area contributed by atoms with Crippen LogP contribution in [-0.4, -0.2) is 23.9 Å². The lowest BCUT2D eigenvalue weighted by Gasteiger charge is -2.32. The average molecular weight is 240 g/mol. The lowest BCUT2D eigenvalue weighted by molar-refractivity contribution is -0.0641. The van der Waals surface area contributed by atoms with Crippen molar-refractivity contribution < 1.29 is 9.84 Å². The van der Waals surface area contributed by atoms with E-state index in [2.05, 4.69) is 6.92 Å². The fourth-order valence-corrected chi connectivity index (χ4v) is 3.56. The van der Waals surface area contributed by atoms with Crippen molar-refractivity contribution in [2.45, 2.75) is 76.9 Å². The second kappa shape index (κ2) is 6.75. The molecule has 2 rings (SSSR count). The molecule has 0 aromatic heterocycles. The highest BCUT2D eigenvalue weighted by Gasteiger charge is 2.27. The van der Waals surface area contributed by atoms with E-state index in [0.717, 1.165) is 5.92 Å². The van der Waals surface area contributed by atoms with Crippen LogP contribution in [-0.2, 0) is 4.74 Å². The fraction of sp³-hybridized carbons (Fsp3) is 1.00. The first kappa shape index (κ1) is 13.4. The molecule has 0 aliphatic heterocycles. The minimum Gasteiger partial charge on any atom is -0.390 e. The summed E-state index contributed by atoms with van der Waals surface area (Å²) in [4.78, 5) is 0. The van der Waals surface area contributed by atoms with Crippen LogP contribution in [0, 0.1) is 11.8 Å². The summed E-state index contributed by atoms with van der Waals surface area (Å²) in [6, 6.07) is 0. The van der Waals surface area contributed by atoms with Crippen LogP contribution >= 0.6 is 0 Å². The van der Waals surface area contributed by atoms with Gasteiger partial charge in [-0.15, -0.1) is 0 Å². The largest absolute Gasteiger partial charge is 0.390 e. The molecule has 2 saturated carbocycles. The first-order chi connectivity index (χ1) is 8.31. The van der Waals surface area contributed by atoms with Gasteiger partial charge in [0.05, 0.1) is 18.8 Å². The fourth-order valence-electron chi connectivity index (χ4n) is 3.56. The Kier molecular flexibility index (Phi) is 5.30. The summed E-state index contributed by atoms with van der Waals surface area (Å²) < 4.78 is 6.01. The number of hydrogen-bond acceptors (Lipinski definition) is 2. The molecule has 0 bridgehead atoms. The maximum atomic E-state index is 10.1. The summed E-state index contributed by atoms with van der Waals surface area (Å²) in [7, 11) is 0. The van der Waals surface area contributed by atoms with Gasteiger partial charge >= 0.3 is 0 Å². The summed E-state index contributed by atoms with van der Waals surface area (Å²) in [6.45, 7) is 2.84. The smallest absolute Gasteiger partial charge is 0.0801 e. The maximum absolute atomic E-state index is 10.1. The molecule has 3 atom stereocenters. The summed E-state index contributed by atoms with van der Waals surface area (Å²) in [5.74, 6) is 1.25. The van der Waals surface area contributed by atoms with Crippen molar-refractivity contribution >= 4 is 0 Å². The lowest BCUT2D eigenvalue weighted by Crippen LogP contribution is -2.32. The minimum atomic E-state index is -0.211. The number of hydrogen-bond donors (Lipinski definition) is 1. The molecule has 0 spiro atoms. The van der Waals surface area contributed by atoms with Gasteiger partial charge in [0.2, 0.25) is 0 Å². The number of aliphatic hydroxyl groups is 1. The van der Waals surface area contributed by atoms with Gasteiger partial charge in [-0.05, 0) is 37.5 Å². The van der Waals surface area contributed by atoms with Gasteiger partial charge in [-0.3, -0.25) is 0 Å². The highest BCUT2D eigenvalue weighted by Crippen LogP contribution is 2.31. The Morgan fingerprint density at radius 3 is 2.41 bits per heavy atom. The Morgan fingerprint density at radius 2 is 1.71 bits per heavy atom. The molecule has 0 heterocycles. The summed E-state index contributed by atoms with van der Waals surface area (Å²) in [5.41, 5.74) is 0. The zero-order chi connectivity index (χ0) is 12.1. The second-order valence-corrected chi connectivity index (χ2v) is 5.94. The number of ether oxygens (including phenoxy) is 1. The Labute approximate surface area is 106 Å². The SMILES string of the molecule is CCC1CCCCC1OCC(O)C1CCCC1. The normalized spacial score (nSPS) is 32.8. The summed E-state index contributed by atoms with van der Waals surface area (Å²) >= 11 is 0. The van der Waals surface area contributed by atoms with E-state index in [-0.39, 0.29) is 6.10 Å². The van der Waals surface area contributed by atoms with Gasteiger partial charge in [-0.1, -0.05) is 39.0 Å². The lowest BCUT2D eigenvalue weighted by atomic mass is 9.84. The van der Waals surface area contributed by atoms with Gasteiger partial charge in [0.25, 0.3) is 0 Å². The van der Waals surface area contributed by atoms with Crippen molar-refractivity contribution in [2.24, 2.45) is 11.8 Å². The standard InChI is InChI=1S/C15H28O2/c1-2-12-7-5-6-10-15(12)17-11-14(16)13-8-3-4-9-13/h12-16H,2-11H2,1H3. The molecule has 0 saturated heterocycles. The van der Waals surface area contributed by atoms with E-state index >= 15 is 0 Å². The van der Waals surface area contributed by atoms with Gasteiger partial charge in [0.1, 0.15) is 0 Å². The first-order valence-corrected chi connectivity index (χ1v) is 7.61. The molecule has 0 amide bonds. The molecule has 3 unspecified atom stereocenters. The van der Waals surface area contributed by atoms with Crippen LogP contribution in [0.15, 0.2) is 0 Å². The topological polar surface area (TPSA) is 29.5 Å². The molecule has 1 N–H and O–H groups in total. The van der Waals surface area contributed by atoms with Crippen LogP contribution < -0.4 is 0 Å². The van der Waals surface area contributed by atoms with Crippen LogP contribution in [0.5, 0.6) is 0 Å². The quantitative estimate of drug-likeness (QED) is 0.796. The Morgan fingerprint density at radius 1 is 1.06 bits per heavy atom. The minimum absolute atomic E-state index is 0.211. The highest BCUT2D eigenvalue weighted by atomic mass is 16.5. The molecule has 100 valence electrons. The molecule has 0 aromatic rings. The van der Waals surface area contributed by atoms with Crippen LogP contribution in [0.3, 0.4) is 0 Å². The van der Waals surface area contributed by atoms with E-state index in [1.54, 1.807) is 0 Å². The third-order valence-electron chi connectivity index (χ3n) is 4.79. The van der Waals surface area contributed by atoms with Crippen LogP contribution in [0.25, 0.3) is 0 Å². The highest BCUT2D eigenvalue weighted by molar-refractivity contribution is 4.78. The Hall–Kier alpha value is -0.0800. The Balaban J connectivity index is 1.72. The van der Waals surface area contributed by atoms with E-state index < -0.39 is 0 Å². The van der Waals surface area contributed by atoms with Gasteiger partial charge in [0, 0.05) is 0 Å². The zero-order valence-electron chi connectivity index (χ0n) is 11.2. The molecule has 17 heavy (non-hydrogen) atoms. The molecule has 2 fully saturated rings. The average Bonchev–Trinajstić information content (AvgIpc) is 2.90. The van der Waals surface area contributed by atoms with Gasteiger partial charge in [-0.2, -0.15) is 0 Å². The predicted molar refractivity (Wildman–Crippen MR) is 70.0 cm³/mol. The molecule has 0 radical (unpaired) electrons. The van der Waals surface area contributed by atoms with Crippen molar-refractivity contribution in [3.8, 4) is 0 Å². The third kappa shape index (κ3) is 3.69. The van der Waals surface area contributed by atoms with Gasteiger partial charge in [-0.25, -0.2) is 0 Å². The number of aliphatic hydroxyl groups excluding tert-OH is 1. The van der Waals surface area contributed by atoms with Crippen LogP contribution in [0.2, 0.25) is 0 Å². The van der Waals surface area contributed by atoms with E-state index in [1.807, 2.05) is 0 Å². The second-order valence-electron chi connectivity index (χ2n) is 5.94. The van der Waals surface area contributed by atoms with Crippen LogP contribution in [0.1, 0.15) is 64.7 Å². The van der Waals surface area contributed by atoms with E-state index in [4.69, 9.17) is 4.74 Å². The monoisotopic (exact) mass is 240 g/mol. The summed E-state index contributed by atoms with van der Waals surface area (Å²) in [6.07, 6.45) is 11.6. The molecule has 0 aromatic carbocycles. The van der Waals surface area contributed by atoms with Crippen molar-refractivity contribution in [3.63, 3.8) is 0 Å². The summed E-state index contributed by atoms with van der Waals surface area (Å²) in [5, 5.41) is 10.1. The molecule has 2 aliphatic rings. The van der Waals surface area contributed by atoms with Gasteiger partial charge in [0.15, 0.2) is 0 Å². The Bertz CT molecular complexity index is 211. The third-order valence-corrected chi connectivity index (χ3v) is 4.79. The molecule has 2 nitrogen and oxygen atoms in total. The van der Waals surface area contributed by atoms with E-state index in [9.17, 15) is 5.11 Å². The van der Waals surface area contributed by atoms with Crippen molar-refractivity contribution in [2.75, 3.05) is 6.61 Å². The van der Waals surface area contributed by atoms with E-state index in [1.165, 1.54) is 57.8 Å². The van der Waals surface area contributed by atoms with Crippen molar-refractivity contribution in [1.29, 1.82) is 0 Å².